The summed E-state index contributed by atoms with van der Waals surface area (Å²) < 4.78 is 24.5. The summed E-state index contributed by atoms with van der Waals surface area (Å²) in [6.45, 7) is 2.39. The van der Waals surface area contributed by atoms with E-state index >= 15 is 0 Å². The van der Waals surface area contributed by atoms with Crippen molar-refractivity contribution in [3.05, 3.63) is 35.7 Å². The Morgan fingerprint density at radius 3 is 2.90 bits per heavy atom. The van der Waals surface area contributed by atoms with Crippen LogP contribution >= 0.6 is 22.6 Å². The lowest BCUT2D eigenvalue weighted by molar-refractivity contribution is -0.127. The summed E-state index contributed by atoms with van der Waals surface area (Å²) in [6, 6.07) is 4.61. The Hall–Kier alpha value is -1.15. The van der Waals surface area contributed by atoms with Crippen LogP contribution in [0.25, 0.3) is 5.70 Å². The second-order valence-corrected chi connectivity index (χ2v) is 6.04. The largest absolute Gasteiger partial charge is 0.467 e. The van der Waals surface area contributed by atoms with Gasteiger partial charge in [-0.25, -0.2) is 4.39 Å². The van der Waals surface area contributed by atoms with Crippen LogP contribution in [0.5, 0.6) is 5.75 Å². The molecule has 0 N–H and O–H groups in total. The SMILES string of the molecule is CCN1C(=O)C(I)CC=C1c1c(F)cccc1OCOC. The molecular weight excluding hydrogens is 388 g/mol. The fraction of sp³-hybridized carbons (Fsp3) is 0.400. The molecule has 6 heteroatoms. The van der Waals surface area contributed by atoms with Gasteiger partial charge in [0.25, 0.3) is 0 Å². The van der Waals surface area contributed by atoms with Crippen molar-refractivity contribution < 1.29 is 18.7 Å². The number of halogens is 2. The highest BCUT2D eigenvalue weighted by atomic mass is 127. The molecule has 1 heterocycles. The third kappa shape index (κ3) is 3.37. The minimum atomic E-state index is -0.409. The molecule has 0 bridgehead atoms. The minimum Gasteiger partial charge on any atom is -0.467 e. The molecule has 1 unspecified atom stereocenters. The number of hydrogen-bond acceptors (Lipinski definition) is 3. The smallest absolute Gasteiger partial charge is 0.240 e. The van der Waals surface area contributed by atoms with Crippen LogP contribution in [0.15, 0.2) is 24.3 Å². The number of ether oxygens (including phenoxy) is 2. The molecule has 21 heavy (non-hydrogen) atoms. The van der Waals surface area contributed by atoms with Crippen LogP contribution in [-0.2, 0) is 9.53 Å². The normalized spacial score (nSPS) is 18.7. The van der Waals surface area contributed by atoms with Gasteiger partial charge in [0.15, 0.2) is 6.79 Å². The second kappa shape index (κ2) is 7.22. The van der Waals surface area contributed by atoms with Gasteiger partial charge in [-0.1, -0.05) is 34.7 Å². The van der Waals surface area contributed by atoms with E-state index in [-0.39, 0.29) is 16.6 Å². The maximum Gasteiger partial charge on any atom is 0.240 e. The molecule has 0 aliphatic carbocycles. The fourth-order valence-electron chi connectivity index (χ4n) is 2.27. The molecule has 1 amide bonds. The number of carbonyl (C=O) groups is 1. The van der Waals surface area contributed by atoms with E-state index in [9.17, 15) is 9.18 Å². The van der Waals surface area contributed by atoms with Gasteiger partial charge in [0.05, 0.1) is 15.2 Å². The number of benzene rings is 1. The van der Waals surface area contributed by atoms with Gasteiger partial charge >= 0.3 is 0 Å². The number of allylic oxidation sites excluding steroid dienone is 1. The van der Waals surface area contributed by atoms with Gasteiger partial charge in [-0.2, -0.15) is 0 Å². The lowest BCUT2D eigenvalue weighted by Gasteiger charge is -2.31. The molecule has 1 aliphatic rings. The number of nitrogens with zero attached hydrogens (tertiary/aromatic N) is 1. The van der Waals surface area contributed by atoms with Gasteiger partial charge in [-0.15, -0.1) is 0 Å². The summed E-state index contributed by atoms with van der Waals surface area (Å²) in [5, 5.41) is 0. The molecule has 0 fully saturated rings. The maximum absolute atomic E-state index is 14.3. The van der Waals surface area contributed by atoms with Crippen molar-refractivity contribution in [1.82, 2.24) is 4.90 Å². The van der Waals surface area contributed by atoms with Gasteiger partial charge in [-0.3, -0.25) is 4.79 Å². The quantitative estimate of drug-likeness (QED) is 0.429. The van der Waals surface area contributed by atoms with Crippen LogP contribution < -0.4 is 4.74 Å². The first kappa shape index (κ1) is 16.2. The summed E-state index contributed by atoms with van der Waals surface area (Å²) in [6.07, 6.45) is 2.48. The molecule has 1 aliphatic heterocycles. The monoisotopic (exact) mass is 405 g/mol. The average Bonchev–Trinajstić information content (AvgIpc) is 2.48. The number of carbonyl (C=O) groups excluding carboxylic acids is 1. The molecule has 1 aromatic rings. The zero-order valence-corrected chi connectivity index (χ0v) is 14.1. The summed E-state index contributed by atoms with van der Waals surface area (Å²) in [5.74, 6) is -0.0363. The molecule has 0 saturated carbocycles. The first-order chi connectivity index (χ1) is 10.1. The van der Waals surface area contributed by atoms with E-state index in [1.54, 1.807) is 17.0 Å². The van der Waals surface area contributed by atoms with E-state index in [4.69, 9.17) is 9.47 Å². The summed E-state index contributed by atoms with van der Waals surface area (Å²) in [4.78, 5) is 13.9. The Kier molecular flexibility index (Phi) is 5.58. The van der Waals surface area contributed by atoms with Gasteiger partial charge in [0, 0.05) is 13.7 Å². The van der Waals surface area contributed by atoms with Crippen molar-refractivity contribution >= 4 is 34.2 Å². The molecule has 114 valence electrons. The van der Waals surface area contributed by atoms with E-state index in [0.29, 0.717) is 30.0 Å². The van der Waals surface area contributed by atoms with Crippen molar-refractivity contribution in [2.24, 2.45) is 0 Å². The molecule has 4 nitrogen and oxygen atoms in total. The molecule has 2 rings (SSSR count). The molecule has 1 aromatic carbocycles. The highest BCUT2D eigenvalue weighted by molar-refractivity contribution is 14.1. The first-order valence-electron chi connectivity index (χ1n) is 6.66. The average molecular weight is 405 g/mol. The maximum atomic E-state index is 14.3. The van der Waals surface area contributed by atoms with E-state index < -0.39 is 5.82 Å². The van der Waals surface area contributed by atoms with Crippen LogP contribution in [0.3, 0.4) is 0 Å². The first-order valence-corrected chi connectivity index (χ1v) is 7.91. The molecule has 1 atom stereocenters. The highest BCUT2D eigenvalue weighted by Gasteiger charge is 2.30. The van der Waals surface area contributed by atoms with Crippen LogP contribution in [0.4, 0.5) is 4.39 Å². The number of methoxy groups -OCH3 is 1. The number of hydrogen-bond donors (Lipinski definition) is 0. The van der Waals surface area contributed by atoms with Crippen molar-refractivity contribution in [2.45, 2.75) is 17.3 Å². The van der Waals surface area contributed by atoms with Gasteiger partial charge in [0.2, 0.25) is 5.91 Å². The standard InChI is InChI=1S/C15H17FINO3/c1-3-18-12(8-7-11(17)15(18)19)14-10(16)5-4-6-13(14)21-9-20-2/h4-6,8,11H,3,7,9H2,1-2H3. The third-order valence-electron chi connectivity index (χ3n) is 3.22. The van der Waals surface area contributed by atoms with E-state index in [1.807, 2.05) is 13.0 Å². The van der Waals surface area contributed by atoms with Gasteiger partial charge in [-0.05, 0) is 25.5 Å². The van der Waals surface area contributed by atoms with Crippen LogP contribution in [0.2, 0.25) is 0 Å². The van der Waals surface area contributed by atoms with E-state index in [0.717, 1.165) is 0 Å². The Labute approximate surface area is 137 Å². The molecular formula is C15H17FINO3. The fourth-order valence-corrected chi connectivity index (χ4v) is 2.86. The zero-order valence-electron chi connectivity index (χ0n) is 11.9. The number of amides is 1. The Balaban J connectivity index is 2.46. The van der Waals surface area contributed by atoms with Gasteiger partial charge in [0.1, 0.15) is 11.6 Å². The lowest BCUT2D eigenvalue weighted by atomic mass is 10.0. The Bertz CT molecular complexity index is 562. The third-order valence-corrected chi connectivity index (χ3v) is 4.26. The van der Waals surface area contributed by atoms with Crippen LogP contribution in [-0.4, -0.2) is 35.2 Å². The van der Waals surface area contributed by atoms with Crippen molar-refractivity contribution in [2.75, 3.05) is 20.4 Å². The zero-order chi connectivity index (χ0) is 15.4. The molecule has 0 radical (unpaired) electrons. The molecule has 0 aromatic heterocycles. The predicted molar refractivity (Wildman–Crippen MR) is 86.7 cm³/mol. The lowest BCUT2D eigenvalue weighted by Crippen LogP contribution is -2.38. The second-order valence-electron chi connectivity index (χ2n) is 4.54. The predicted octanol–water partition coefficient (Wildman–Crippen LogP) is 3.21. The van der Waals surface area contributed by atoms with Crippen molar-refractivity contribution in [3.8, 4) is 5.75 Å². The summed E-state index contributed by atoms with van der Waals surface area (Å²) >= 11 is 2.11. The van der Waals surface area contributed by atoms with Gasteiger partial charge < -0.3 is 14.4 Å². The minimum absolute atomic E-state index is 0.00320. The summed E-state index contributed by atoms with van der Waals surface area (Å²) in [5.41, 5.74) is 0.882. The van der Waals surface area contributed by atoms with E-state index in [2.05, 4.69) is 22.6 Å². The Morgan fingerprint density at radius 2 is 2.24 bits per heavy atom. The van der Waals surface area contributed by atoms with E-state index in [1.165, 1.54) is 13.2 Å². The topological polar surface area (TPSA) is 38.8 Å². The molecule has 0 saturated heterocycles. The highest BCUT2D eigenvalue weighted by Crippen LogP contribution is 2.35. The number of alkyl halides is 1. The Morgan fingerprint density at radius 1 is 1.48 bits per heavy atom. The van der Waals surface area contributed by atoms with Crippen molar-refractivity contribution in [3.63, 3.8) is 0 Å². The number of rotatable bonds is 5. The van der Waals surface area contributed by atoms with Crippen molar-refractivity contribution in [1.29, 1.82) is 0 Å². The van der Waals surface area contributed by atoms with Crippen LogP contribution in [0.1, 0.15) is 18.9 Å². The summed E-state index contributed by atoms with van der Waals surface area (Å²) in [7, 11) is 1.50. The van der Waals surface area contributed by atoms with Crippen LogP contribution in [0, 0.1) is 5.82 Å². The molecule has 0 spiro atoms.